The molecule has 0 radical (unpaired) electrons. The third-order valence-electron chi connectivity index (χ3n) is 3.85. The van der Waals surface area contributed by atoms with E-state index in [0.717, 1.165) is 30.6 Å². The molecule has 2 unspecified atom stereocenters. The van der Waals surface area contributed by atoms with Crippen LogP contribution in [0.3, 0.4) is 0 Å². The highest BCUT2D eigenvalue weighted by Crippen LogP contribution is 2.27. The number of benzene rings is 1. The van der Waals surface area contributed by atoms with Crippen molar-refractivity contribution in [2.24, 2.45) is 11.7 Å². The highest BCUT2D eigenvalue weighted by atomic mass is 32.1. The lowest BCUT2D eigenvalue weighted by molar-refractivity contribution is -0.119. The van der Waals surface area contributed by atoms with Crippen molar-refractivity contribution in [3.63, 3.8) is 0 Å². The lowest BCUT2D eigenvalue weighted by Gasteiger charge is -2.08. The molecule has 0 spiro atoms. The Morgan fingerprint density at radius 3 is 2.86 bits per heavy atom. The molecule has 0 aliphatic heterocycles. The molecule has 0 bridgehead atoms. The Balaban J connectivity index is 1.59. The van der Waals surface area contributed by atoms with Gasteiger partial charge < -0.3 is 11.1 Å². The van der Waals surface area contributed by atoms with Gasteiger partial charge in [0.05, 0.1) is 0 Å². The van der Waals surface area contributed by atoms with E-state index >= 15 is 0 Å². The monoisotopic (exact) mass is 301 g/mol. The summed E-state index contributed by atoms with van der Waals surface area (Å²) in [5.41, 5.74) is 7.10. The summed E-state index contributed by atoms with van der Waals surface area (Å²) >= 11 is 1.54. The highest BCUT2D eigenvalue weighted by molar-refractivity contribution is 7.15. The van der Waals surface area contributed by atoms with Crippen LogP contribution in [-0.2, 0) is 11.2 Å². The average Bonchev–Trinajstić information content (AvgIpc) is 3.09. The van der Waals surface area contributed by atoms with Crippen molar-refractivity contribution in [1.29, 1.82) is 0 Å². The average molecular weight is 301 g/mol. The molecule has 5 heteroatoms. The van der Waals surface area contributed by atoms with E-state index in [4.69, 9.17) is 5.73 Å². The van der Waals surface area contributed by atoms with Crippen molar-refractivity contribution in [3.8, 4) is 0 Å². The van der Waals surface area contributed by atoms with Crippen LogP contribution < -0.4 is 11.1 Å². The Labute approximate surface area is 128 Å². The number of hydrogen-bond donors (Lipinski definition) is 2. The van der Waals surface area contributed by atoms with Crippen molar-refractivity contribution >= 4 is 22.4 Å². The molecule has 3 N–H and O–H groups in total. The van der Waals surface area contributed by atoms with Crippen LogP contribution in [0.25, 0.3) is 0 Å². The van der Waals surface area contributed by atoms with Gasteiger partial charge in [-0.3, -0.25) is 4.79 Å². The third kappa shape index (κ3) is 3.68. The standard InChI is InChI=1S/C16H19N3OS/c17-13-7-6-12(9-13)15(20)19-16-18-10-14(21-16)8-11-4-2-1-3-5-11/h1-5,10,12-13H,6-9,17H2,(H,18,19,20). The third-order valence-corrected chi connectivity index (χ3v) is 4.76. The van der Waals surface area contributed by atoms with Gasteiger partial charge in [-0.25, -0.2) is 4.98 Å². The summed E-state index contributed by atoms with van der Waals surface area (Å²) < 4.78 is 0. The molecule has 1 fully saturated rings. The maximum Gasteiger partial charge on any atom is 0.229 e. The first-order chi connectivity index (χ1) is 10.2. The van der Waals surface area contributed by atoms with Gasteiger partial charge in [0.2, 0.25) is 5.91 Å². The van der Waals surface area contributed by atoms with Crippen molar-refractivity contribution in [1.82, 2.24) is 4.98 Å². The van der Waals surface area contributed by atoms with Gasteiger partial charge in [-0.2, -0.15) is 0 Å². The fraction of sp³-hybridized carbons (Fsp3) is 0.375. The first-order valence-corrected chi connectivity index (χ1v) is 8.07. The van der Waals surface area contributed by atoms with Gasteiger partial charge in [0.1, 0.15) is 0 Å². The summed E-state index contributed by atoms with van der Waals surface area (Å²) in [4.78, 5) is 17.6. The Hall–Kier alpha value is -1.72. The first-order valence-electron chi connectivity index (χ1n) is 7.26. The zero-order valence-electron chi connectivity index (χ0n) is 11.8. The largest absolute Gasteiger partial charge is 0.328 e. The number of nitrogens with zero attached hydrogens (tertiary/aromatic N) is 1. The number of rotatable bonds is 4. The fourth-order valence-electron chi connectivity index (χ4n) is 2.71. The number of hydrogen-bond acceptors (Lipinski definition) is 4. The molecule has 1 heterocycles. The Morgan fingerprint density at radius 1 is 1.33 bits per heavy atom. The van der Waals surface area contributed by atoms with Gasteiger partial charge in [0, 0.05) is 29.5 Å². The second-order valence-electron chi connectivity index (χ2n) is 5.55. The predicted molar refractivity (Wildman–Crippen MR) is 85.3 cm³/mol. The van der Waals surface area contributed by atoms with E-state index in [2.05, 4.69) is 22.4 Å². The van der Waals surface area contributed by atoms with E-state index in [1.807, 2.05) is 24.4 Å². The van der Waals surface area contributed by atoms with Crippen molar-refractivity contribution in [2.45, 2.75) is 31.7 Å². The van der Waals surface area contributed by atoms with Crippen LogP contribution >= 0.6 is 11.3 Å². The van der Waals surface area contributed by atoms with Crippen molar-refractivity contribution < 1.29 is 4.79 Å². The van der Waals surface area contributed by atoms with Crippen molar-refractivity contribution in [3.05, 3.63) is 47.0 Å². The number of amides is 1. The van der Waals surface area contributed by atoms with Crippen LogP contribution in [0.1, 0.15) is 29.7 Å². The second kappa shape index (κ2) is 6.37. The summed E-state index contributed by atoms with van der Waals surface area (Å²) in [6.07, 6.45) is 5.30. The number of thiazole rings is 1. The van der Waals surface area contributed by atoms with E-state index in [9.17, 15) is 4.79 Å². The SMILES string of the molecule is NC1CCC(C(=O)Nc2ncc(Cc3ccccc3)s2)C1. The van der Waals surface area contributed by atoms with E-state index in [-0.39, 0.29) is 17.9 Å². The van der Waals surface area contributed by atoms with E-state index in [1.165, 1.54) is 5.56 Å². The van der Waals surface area contributed by atoms with E-state index < -0.39 is 0 Å². The number of carbonyl (C=O) groups is 1. The van der Waals surface area contributed by atoms with Crippen LogP contribution in [0.5, 0.6) is 0 Å². The zero-order valence-corrected chi connectivity index (χ0v) is 12.6. The predicted octanol–water partition coefficient (Wildman–Crippen LogP) is 2.80. The lowest BCUT2D eigenvalue weighted by atomic mass is 10.1. The zero-order chi connectivity index (χ0) is 14.7. The molecule has 1 aliphatic carbocycles. The first kappa shape index (κ1) is 14.2. The Bertz CT molecular complexity index is 611. The normalized spacial score (nSPS) is 21.4. The number of nitrogens with one attached hydrogen (secondary N) is 1. The summed E-state index contributed by atoms with van der Waals surface area (Å²) in [6, 6.07) is 10.4. The van der Waals surface area contributed by atoms with Gasteiger partial charge in [-0.05, 0) is 24.8 Å². The summed E-state index contributed by atoms with van der Waals surface area (Å²) in [5.74, 6) is 0.102. The minimum Gasteiger partial charge on any atom is -0.328 e. The lowest BCUT2D eigenvalue weighted by Crippen LogP contribution is -2.23. The van der Waals surface area contributed by atoms with Crippen LogP contribution in [0.2, 0.25) is 0 Å². The summed E-state index contributed by atoms with van der Waals surface area (Å²) in [7, 11) is 0. The number of nitrogens with two attached hydrogens (primary N) is 1. The summed E-state index contributed by atoms with van der Waals surface area (Å²) in [5, 5.41) is 3.61. The molecule has 2 aromatic rings. The number of carbonyl (C=O) groups excluding carboxylic acids is 1. The molecule has 4 nitrogen and oxygen atoms in total. The van der Waals surface area contributed by atoms with Crippen molar-refractivity contribution in [2.75, 3.05) is 5.32 Å². The molecule has 110 valence electrons. The highest BCUT2D eigenvalue weighted by Gasteiger charge is 2.28. The molecular formula is C16H19N3OS. The molecule has 1 aromatic heterocycles. The van der Waals surface area contributed by atoms with E-state index in [1.54, 1.807) is 11.3 Å². The van der Waals surface area contributed by atoms with Gasteiger partial charge >= 0.3 is 0 Å². The Morgan fingerprint density at radius 2 is 2.14 bits per heavy atom. The maximum atomic E-state index is 12.1. The van der Waals surface area contributed by atoms with Gasteiger partial charge in [-0.1, -0.05) is 30.3 Å². The molecule has 21 heavy (non-hydrogen) atoms. The quantitative estimate of drug-likeness (QED) is 0.912. The minimum absolute atomic E-state index is 0.0430. The fourth-order valence-corrected chi connectivity index (χ4v) is 3.56. The van der Waals surface area contributed by atoms with Gasteiger partial charge in [-0.15, -0.1) is 11.3 Å². The topological polar surface area (TPSA) is 68.0 Å². The van der Waals surface area contributed by atoms with Gasteiger partial charge in [0.25, 0.3) is 0 Å². The molecule has 1 aliphatic rings. The minimum atomic E-state index is 0.0430. The second-order valence-corrected chi connectivity index (χ2v) is 6.67. The van der Waals surface area contributed by atoms with Gasteiger partial charge in [0.15, 0.2) is 5.13 Å². The van der Waals surface area contributed by atoms with Crippen LogP contribution in [0.4, 0.5) is 5.13 Å². The molecule has 0 saturated heterocycles. The smallest absolute Gasteiger partial charge is 0.229 e. The number of aromatic nitrogens is 1. The summed E-state index contributed by atoms with van der Waals surface area (Å²) in [6.45, 7) is 0. The molecule has 2 atom stereocenters. The maximum absolute atomic E-state index is 12.1. The van der Waals surface area contributed by atoms with Crippen LogP contribution in [0.15, 0.2) is 36.5 Å². The molecule has 1 amide bonds. The molecule has 1 aromatic carbocycles. The molecule has 1 saturated carbocycles. The van der Waals surface area contributed by atoms with E-state index in [0.29, 0.717) is 5.13 Å². The van der Waals surface area contributed by atoms with Crippen LogP contribution in [0, 0.1) is 5.92 Å². The molecular weight excluding hydrogens is 282 g/mol. The molecule has 3 rings (SSSR count). The number of anilines is 1. The Kier molecular flexibility index (Phi) is 4.31. The van der Waals surface area contributed by atoms with Crippen LogP contribution in [-0.4, -0.2) is 16.9 Å².